The van der Waals surface area contributed by atoms with E-state index in [2.05, 4.69) is 0 Å². The van der Waals surface area contributed by atoms with Crippen LogP contribution in [0.5, 0.6) is 0 Å². The van der Waals surface area contributed by atoms with Gasteiger partial charge in [-0.3, -0.25) is 19.3 Å². The molecule has 5 N–H and O–H groups in total. The predicted octanol–water partition coefficient (Wildman–Crippen LogP) is 0.290. The molecule has 0 radical (unpaired) electrons. The molecule has 0 aromatic heterocycles. The van der Waals surface area contributed by atoms with Crippen molar-refractivity contribution in [1.82, 2.24) is 4.90 Å². The van der Waals surface area contributed by atoms with Crippen LogP contribution in [0.3, 0.4) is 0 Å². The quantitative estimate of drug-likeness (QED) is 0.546. The number of rotatable bonds is 8. The van der Waals surface area contributed by atoms with E-state index in [1.807, 2.05) is 20.8 Å². The Bertz CT molecular complexity index is 499. The molecule has 2 atom stereocenters. The van der Waals surface area contributed by atoms with Crippen molar-refractivity contribution < 1.29 is 19.5 Å². The molecule has 1 unspecified atom stereocenters. The lowest BCUT2D eigenvalue weighted by atomic mass is 9.94. The van der Waals surface area contributed by atoms with Crippen LogP contribution in [0.25, 0.3) is 0 Å². The van der Waals surface area contributed by atoms with Gasteiger partial charge in [-0.15, -0.1) is 11.8 Å². The number of carbonyl (C=O) groups is 3. The highest BCUT2D eigenvalue weighted by Crippen LogP contribution is 2.29. The third-order valence-corrected chi connectivity index (χ3v) is 4.38. The van der Waals surface area contributed by atoms with Crippen LogP contribution in [0.2, 0.25) is 0 Å². The van der Waals surface area contributed by atoms with E-state index in [-0.39, 0.29) is 22.6 Å². The van der Waals surface area contributed by atoms with Crippen molar-refractivity contribution in [2.45, 2.75) is 51.2 Å². The Morgan fingerprint density at radius 2 is 2.05 bits per heavy atom. The molecule has 1 aliphatic heterocycles. The average molecular weight is 329 g/mol. The molecular formula is C14H23N3O4S. The zero-order valence-electron chi connectivity index (χ0n) is 13.0. The number of imide groups is 1. The largest absolute Gasteiger partial charge is 0.480 e. The van der Waals surface area contributed by atoms with Crippen LogP contribution in [-0.2, 0) is 14.4 Å². The van der Waals surface area contributed by atoms with Crippen molar-refractivity contribution in [2.75, 3.05) is 5.75 Å². The van der Waals surface area contributed by atoms with Gasteiger partial charge in [0.2, 0.25) is 0 Å². The molecule has 0 bridgehead atoms. The monoisotopic (exact) mass is 329 g/mol. The van der Waals surface area contributed by atoms with Crippen LogP contribution < -0.4 is 11.5 Å². The van der Waals surface area contributed by atoms with Gasteiger partial charge in [0.1, 0.15) is 6.04 Å². The van der Waals surface area contributed by atoms with Crippen molar-refractivity contribution in [3.63, 3.8) is 0 Å². The minimum atomic E-state index is -1.14. The summed E-state index contributed by atoms with van der Waals surface area (Å²) < 4.78 is 0. The highest BCUT2D eigenvalue weighted by Gasteiger charge is 2.37. The molecule has 1 heterocycles. The maximum atomic E-state index is 12.4. The summed E-state index contributed by atoms with van der Waals surface area (Å²) in [6.45, 7) is 5.58. The Labute approximate surface area is 134 Å². The van der Waals surface area contributed by atoms with Gasteiger partial charge in [0.05, 0.1) is 4.91 Å². The lowest BCUT2D eigenvalue weighted by molar-refractivity contribution is -0.140. The zero-order chi connectivity index (χ0) is 17.1. The van der Waals surface area contributed by atoms with E-state index in [1.165, 1.54) is 11.0 Å². The molecule has 0 spiro atoms. The Morgan fingerprint density at radius 3 is 2.50 bits per heavy atom. The summed E-state index contributed by atoms with van der Waals surface area (Å²) in [5.41, 5.74) is 10.9. The van der Waals surface area contributed by atoms with Gasteiger partial charge < -0.3 is 16.6 Å². The molecule has 1 rings (SSSR count). The van der Waals surface area contributed by atoms with Crippen molar-refractivity contribution >= 4 is 29.5 Å². The highest BCUT2D eigenvalue weighted by molar-refractivity contribution is 8.04. The van der Waals surface area contributed by atoms with Crippen LogP contribution in [-0.4, -0.2) is 51.2 Å². The molecule has 0 saturated heterocycles. The minimum absolute atomic E-state index is 0.0349. The number of hydrogen-bond donors (Lipinski definition) is 3. The number of amides is 2. The fourth-order valence-electron chi connectivity index (χ4n) is 2.19. The number of carbonyl (C=O) groups excluding carboxylic acids is 2. The SMILES string of the molecule is CCC(CC(C)(C)N)N1C(=O)C=C(SC[C@@H](N)C(=O)O)C1=O. The van der Waals surface area contributed by atoms with Gasteiger partial charge in [-0.25, -0.2) is 0 Å². The van der Waals surface area contributed by atoms with E-state index < -0.39 is 23.5 Å². The van der Waals surface area contributed by atoms with Gasteiger partial charge in [-0.1, -0.05) is 6.92 Å². The van der Waals surface area contributed by atoms with Crippen LogP contribution in [0.1, 0.15) is 33.6 Å². The van der Waals surface area contributed by atoms with Crippen molar-refractivity contribution in [2.24, 2.45) is 11.5 Å². The maximum Gasteiger partial charge on any atom is 0.321 e. The number of aliphatic carboxylic acids is 1. The van der Waals surface area contributed by atoms with E-state index >= 15 is 0 Å². The first-order valence-electron chi connectivity index (χ1n) is 7.06. The number of nitrogens with zero attached hydrogens (tertiary/aromatic N) is 1. The molecular weight excluding hydrogens is 306 g/mol. The molecule has 0 saturated carbocycles. The summed E-state index contributed by atoms with van der Waals surface area (Å²) in [5, 5.41) is 8.75. The summed E-state index contributed by atoms with van der Waals surface area (Å²) in [5.74, 6) is -1.89. The van der Waals surface area contributed by atoms with Crippen molar-refractivity contribution in [3.8, 4) is 0 Å². The van der Waals surface area contributed by atoms with Crippen LogP contribution in [0.4, 0.5) is 0 Å². The van der Waals surface area contributed by atoms with E-state index in [0.29, 0.717) is 12.8 Å². The molecule has 2 amide bonds. The predicted molar refractivity (Wildman–Crippen MR) is 85.0 cm³/mol. The molecule has 8 heteroatoms. The first kappa shape index (κ1) is 18.7. The summed E-state index contributed by atoms with van der Waals surface area (Å²) in [6.07, 6.45) is 2.35. The molecule has 0 aromatic rings. The average Bonchev–Trinajstić information content (AvgIpc) is 2.67. The standard InChI is InChI=1S/C14H23N3O4S/c1-4-8(6-14(2,3)16)17-11(18)5-10(12(17)19)22-7-9(15)13(20)21/h5,8-9H,4,6-7,15-16H2,1-3H3,(H,20,21)/t8?,9-/m1/s1. The third kappa shape index (κ3) is 4.82. The smallest absolute Gasteiger partial charge is 0.321 e. The number of hydrogen-bond acceptors (Lipinski definition) is 6. The van der Waals surface area contributed by atoms with Crippen LogP contribution in [0, 0.1) is 0 Å². The van der Waals surface area contributed by atoms with E-state index in [9.17, 15) is 14.4 Å². The number of nitrogens with two attached hydrogens (primary N) is 2. The van der Waals surface area contributed by atoms with Gasteiger partial charge in [0, 0.05) is 23.4 Å². The maximum absolute atomic E-state index is 12.4. The number of thioether (sulfide) groups is 1. The lowest BCUT2D eigenvalue weighted by Gasteiger charge is -2.31. The van der Waals surface area contributed by atoms with Crippen LogP contribution >= 0.6 is 11.8 Å². The Balaban J connectivity index is 2.77. The lowest BCUT2D eigenvalue weighted by Crippen LogP contribution is -2.46. The van der Waals surface area contributed by atoms with Gasteiger partial charge in [-0.2, -0.15) is 0 Å². The Kier molecular flexibility index (Phi) is 6.16. The molecule has 1 aliphatic rings. The fourth-order valence-corrected chi connectivity index (χ4v) is 3.10. The first-order chi connectivity index (χ1) is 10.1. The molecule has 22 heavy (non-hydrogen) atoms. The zero-order valence-corrected chi connectivity index (χ0v) is 13.9. The molecule has 0 fully saturated rings. The molecule has 0 aliphatic carbocycles. The second-order valence-electron chi connectivity index (χ2n) is 6.03. The second-order valence-corrected chi connectivity index (χ2v) is 7.09. The third-order valence-electron chi connectivity index (χ3n) is 3.26. The fraction of sp³-hybridized carbons (Fsp3) is 0.643. The molecule has 124 valence electrons. The number of carboxylic acid groups (broad SMARTS) is 1. The van der Waals surface area contributed by atoms with Gasteiger partial charge in [0.15, 0.2) is 0 Å². The molecule has 7 nitrogen and oxygen atoms in total. The van der Waals surface area contributed by atoms with E-state index in [4.69, 9.17) is 16.6 Å². The van der Waals surface area contributed by atoms with Gasteiger partial charge >= 0.3 is 5.97 Å². The number of carboxylic acids is 1. The van der Waals surface area contributed by atoms with E-state index in [0.717, 1.165) is 11.8 Å². The Morgan fingerprint density at radius 1 is 1.45 bits per heavy atom. The van der Waals surface area contributed by atoms with Gasteiger partial charge in [0.25, 0.3) is 11.8 Å². The van der Waals surface area contributed by atoms with Crippen molar-refractivity contribution in [1.29, 1.82) is 0 Å². The minimum Gasteiger partial charge on any atom is -0.480 e. The summed E-state index contributed by atoms with van der Waals surface area (Å²) in [6, 6.07) is -1.35. The van der Waals surface area contributed by atoms with Gasteiger partial charge in [-0.05, 0) is 26.7 Å². The summed E-state index contributed by atoms with van der Waals surface area (Å²) in [7, 11) is 0. The first-order valence-corrected chi connectivity index (χ1v) is 8.04. The summed E-state index contributed by atoms with van der Waals surface area (Å²) in [4.78, 5) is 36.6. The van der Waals surface area contributed by atoms with Crippen LogP contribution in [0.15, 0.2) is 11.0 Å². The normalized spacial score (nSPS) is 18.4. The second kappa shape index (κ2) is 7.26. The summed E-state index contributed by atoms with van der Waals surface area (Å²) >= 11 is 0.994. The molecule has 0 aromatic carbocycles. The van der Waals surface area contributed by atoms with Crippen molar-refractivity contribution in [3.05, 3.63) is 11.0 Å². The topological polar surface area (TPSA) is 127 Å². The van der Waals surface area contributed by atoms with E-state index in [1.54, 1.807) is 0 Å². The highest BCUT2D eigenvalue weighted by atomic mass is 32.2. The Hall–Kier alpha value is -1.38.